The number of sulfone groups is 1. The molecule has 8 nitrogen and oxygen atoms in total. The van der Waals surface area contributed by atoms with Gasteiger partial charge in [-0.2, -0.15) is 4.99 Å². The molecule has 0 fully saturated rings. The van der Waals surface area contributed by atoms with E-state index in [1.807, 2.05) is 0 Å². The number of ether oxygens (including phenoxy) is 1. The molecule has 0 spiro atoms. The molecule has 0 aliphatic heterocycles. The molecule has 0 unspecified atom stereocenters. The molecule has 0 radical (unpaired) electrons. The van der Waals surface area contributed by atoms with E-state index in [0.29, 0.717) is 10.6 Å². The van der Waals surface area contributed by atoms with Gasteiger partial charge >= 0.3 is 0 Å². The van der Waals surface area contributed by atoms with Gasteiger partial charge in [-0.05, 0) is 24.6 Å². The maximum Gasteiger partial charge on any atom is 0.280 e. The molecule has 1 aromatic heterocycles. The van der Waals surface area contributed by atoms with Crippen molar-refractivity contribution in [1.82, 2.24) is 4.98 Å². The second-order valence-electron chi connectivity index (χ2n) is 5.17. The SMILES string of the molecule is Cc1cc(Oc2cncc(Cl)c2)c(S(C)(=O)=O)cc1C(=O)N=C(N)N. The number of aliphatic imine (C=N–C) groups is 1. The smallest absolute Gasteiger partial charge is 0.280 e. The second kappa shape index (κ2) is 7.08. The summed E-state index contributed by atoms with van der Waals surface area (Å²) in [6.45, 7) is 1.60. The van der Waals surface area contributed by atoms with E-state index in [-0.39, 0.29) is 22.0 Å². The Labute approximate surface area is 149 Å². The zero-order valence-corrected chi connectivity index (χ0v) is 14.9. The number of nitrogens with two attached hydrogens (primary N) is 2. The number of halogens is 1. The number of carbonyl (C=O) groups is 1. The number of pyridine rings is 1. The van der Waals surface area contributed by atoms with Gasteiger partial charge in [-0.1, -0.05) is 11.6 Å². The summed E-state index contributed by atoms with van der Waals surface area (Å²) in [6, 6.07) is 4.06. The molecular weight excluding hydrogens is 368 g/mol. The van der Waals surface area contributed by atoms with Gasteiger partial charge in [-0.25, -0.2) is 8.42 Å². The monoisotopic (exact) mass is 382 g/mol. The van der Waals surface area contributed by atoms with Crippen molar-refractivity contribution < 1.29 is 17.9 Å². The van der Waals surface area contributed by atoms with E-state index >= 15 is 0 Å². The van der Waals surface area contributed by atoms with Crippen molar-refractivity contribution in [3.05, 3.63) is 46.7 Å². The zero-order valence-electron chi connectivity index (χ0n) is 13.4. The molecule has 2 rings (SSSR count). The van der Waals surface area contributed by atoms with E-state index in [0.717, 1.165) is 6.26 Å². The third-order valence-electron chi connectivity index (χ3n) is 3.06. The number of hydrogen-bond acceptors (Lipinski definition) is 5. The third-order valence-corrected chi connectivity index (χ3v) is 4.38. The average molecular weight is 383 g/mol. The quantitative estimate of drug-likeness (QED) is 0.605. The topological polar surface area (TPSA) is 138 Å². The van der Waals surface area contributed by atoms with E-state index in [1.165, 1.54) is 30.6 Å². The van der Waals surface area contributed by atoms with Crippen LogP contribution in [0.4, 0.5) is 0 Å². The van der Waals surface area contributed by atoms with Crippen LogP contribution >= 0.6 is 11.6 Å². The van der Waals surface area contributed by atoms with Crippen LogP contribution in [0.1, 0.15) is 15.9 Å². The van der Waals surface area contributed by atoms with Crippen LogP contribution in [-0.4, -0.2) is 31.5 Å². The van der Waals surface area contributed by atoms with Gasteiger partial charge in [0.15, 0.2) is 15.8 Å². The van der Waals surface area contributed by atoms with E-state index in [2.05, 4.69) is 9.98 Å². The molecule has 132 valence electrons. The second-order valence-corrected chi connectivity index (χ2v) is 7.59. The highest BCUT2D eigenvalue weighted by molar-refractivity contribution is 7.90. The molecule has 10 heteroatoms. The van der Waals surface area contributed by atoms with Gasteiger partial charge in [0.2, 0.25) is 0 Å². The fraction of sp³-hybridized carbons (Fsp3) is 0.133. The number of aromatic nitrogens is 1. The number of benzene rings is 1. The lowest BCUT2D eigenvalue weighted by Gasteiger charge is -2.13. The molecule has 0 aliphatic carbocycles. The third kappa shape index (κ3) is 4.68. The van der Waals surface area contributed by atoms with Crippen molar-refractivity contribution in [2.75, 3.05) is 6.26 Å². The molecule has 0 saturated heterocycles. The van der Waals surface area contributed by atoms with Crippen molar-refractivity contribution in [3.63, 3.8) is 0 Å². The molecule has 1 aromatic carbocycles. The van der Waals surface area contributed by atoms with Gasteiger partial charge in [0.25, 0.3) is 5.91 Å². The Morgan fingerprint density at radius 3 is 2.48 bits per heavy atom. The Morgan fingerprint density at radius 2 is 1.92 bits per heavy atom. The lowest BCUT2D eigenvalue weighted by atomic mass is 10.1. The average Bonchev–Trinajstić information content (AvgIpc) is 2.45. The van der Waals surface area contributed by atoms with Gasteiger partial charge in [0, 0.05) is 24.1 Å². The lowest BCUT2D eigenvalue weighted by molar-refractivity contribution is 0.100. The van der Waals surface area contributed by atoms with E-state index < -0.39 is 21.7 Å². The summed E-state index contributed by atoms with van der Waals surface area (Å²) in [7, 11) is -3.71. The molecule has 2 aromatic rings. The molecule has 1 amide bonds. The fourth-order valence-electron chi connectivity index (χ4n) is 2.01. The molecule has 4 N–H and O–H groups in total. The Hall–Kier alpha value is -2.65. The van der Waals surface area contributed by atoms with Gasteiger partial charge in [0.1, 0.15) is 16.4 Å². The fourth-order valence-corrected chi connectivity index (χ4v) is 2.98. The summed E-state index contributed by atoms with van der Waals surface area (Å²) in [4.78, 5) is 19.2. The van der Waals surface area contributed by atoms with Crippen LogP contribution in [0.5, 0.6) is 11.5 Å². The summed E-state index contributed by atoms with van der Waals surface area (Å²) in [5.74, 6) is -0.889. The van der Waals surface area contributed by atoms with Gasteiger partial charge in [0.05, 0.1) is 11.2 Å². The molecule has 0 atom stereocenters. The van der Waals surface area contributed by atoms with Gasteiger partial charge < -0.3 is 16.2 Å². The minimum Gasteiger partial charge on any atom is -0.454 e. The van der Waals surface area contributed by atoms with E-state index in [4.69, 9.17) is 27.8 Å². The highest BCUT2D eigenvalue weighted by Crippen LogP contribution is 2.32. The first-order valence-corrected chi connectivity index (χ1v) is 9.12. The van der Waals surface area contributed by atoms with Crippen molar-refractivity contribution in [2.45, 2.75) is 11.8 Å². The summed E-state index contributed by atoms with van der Waals surface area (Å²) < 4.78 is 29.8. The van der Waals surface area contributed by atoms with Crippen LogP contribution < -0.4 is 16.2 Å². The maximum absolute atomic E-state index is 12.1. The highest BCUT2D eigenvalue weighted by Gasteiger charge is 2.21. The predicted molar refractivity (Wildman–Crippen MR) is 93.8 cm³/mol. The Balaban J connectivity index is 2.59. The summed E-state index contributed by atoms with van der Waals surface area (Å²) >= 11 is 5.84. The molecule has 0 bridgehead atoms. The normalized spacial score (nSPS) is 11.0. The van der Waals surface area contributed by atoms with E-state index in [1.54, 1.807) is 6.92 Å². The largest absolute Gasteiger partial charge is 0.454 e. The zero-order chi connectivity index (χ0) is 18.8. The minimum atomic E-state index is -3.71. The number of carbonyl (C=O) groups excluding carboxylic acids is 1. The molecule has 0 saturated carbocycles. The van der Waals surface area contributed by atoms with Crippen LogP contribution in [0.2, 0.25) is 5.02 Å². The van der Waals surface area contributed by atoms with Crippen molar-refractivity contribution in [2.24, 2.45) is 16.5 Å². The van der Waals surface area contributed by atoms with Gasteiger partial charge in [-0.15, -0.1) is 0 Å². The highest BCUT2D eigenvalue weighted by atomic mass is 35.5. The number of guanidine groups is 1. The van der Waals surface area contributed by atoms with Crippen molar-refractivity contribution in [3.8, 4) is 11.5 Å². The number of aryl methyl sites for hydroxylation is 1. The Morgan fingerprint density at radius 1 is 1.24 bits per heavy atom. The number of hydrogen-bond donors (Lipinski definition) is 2. The molecule has 0 aliphatic rings. The summed E-state index contributed by atoms with van der Waals surface area (Å²) in [6.07, 6.45) is 3.79. The van der Waals surface area contributed by atoms with Crippen LogP contribution in [0.3, 0.4) is 0 Å². The number of nitrogens with zero attached hydrogens (tertiary/aromatic N) is 2. The molecule has 25 heavy (non-hydrogen) atoms. The molecule has 1 heterocycles. The Kier molecular flexibility index (Phi) is 5.29. The van der Waals surface area contributed by atoms with Crippen LogP contribution in [0.15, 0.2) is 40.5 Å². The van der Waals surface area contributed by atoms with Crippen LogP contribution in [-0.2, 0) is 9.84 Å². The maximum atomic E-state index is 12.1. The number of amides is 1. The molecular formula is C15H15ClN4O4S. The first-order valence-electron chi connectivity index (χ1n) is 6.85. The lowest BCUT2D eigenvalue weighted by Crippen LogP contribution is -2.24. The summed E-state index contributed by atoms with van der Waals surface area (Å²) in [5.41, 5.74) is 10.9. The first kappa shape index (κ1) is 18.7. The predicted octanol–water partition coefficient (Wildman–Crippen LogP) is 1.65. The Bertz CT molecular complexity index is 969. The summed E-state index contributed by atoms with van der Waals surface area (Å²) in [5, 5.41) is 0.328. The van der Waals surface area contributed by atoms with Crippen LogP contribution in [0, 0.1) is 6.92 Å². The van der Waals surface area contributed by atoms with Gasteiger partial charge in [-0.3, -0.25) is 9.78 Å². The van der Waals surface area contributed by atoms with Crippen molar-refractivity contribution in [1.29, 1.82) is 0 Å². The first-order chi connectivity index (χ1) is 11.6. The minimum absolute atomic E-state index is 0.0327. The van der Waals surface area contributed by atoms with Crippen LogP contribution in [0.25, 0.3) is 0 Å². The van der Waals surface area contributed by atoms with Crippen molar-refractivity contribution >= 4 is 33.3 Å². The standard InChI is InChI=1S/C15H15ClN4O4S/c1-8-3-12(24-10-4-9(16)6-19-7-10)13(25(2,22)23)5-11(8)14(21)20-15(17)18/h3-7H,1-2H3,(H4,17,18,20,21). The number of rotatable bonds is 4. The van der Waals surface area contributed by atoms with E-state index in [9.17, 15) is 13.2 Å².